The molecule has 6 heteroatoms. The Labute approximate surface area is 147 Å². The molecule has 0 atom stereocenters. The molecule has 0 saturated carbocycles. The quantitative estimate of drug-likeness (QED) is 0.898. The van der Waals surface area contributed by atoms with E-state index in [-0.39, 0.29) is 11.9 Å². The zero-order chi connectivity index (χ0) is 17.6. The normalized spacial score (nSPS) is 15.0. The van der Waals surface area contributed by atoms with Crippen LogP contribution in [0.3, 0.4) is 0 Å². The zero-order valence-corrected chi connectivity index (χ0v) is 14.4. The fraction of sp³-hybridized carbons (Fsp3) is 0.368. The van der Waals surface area contributed by atoms with Gasteiger partial charge in [0.05, 0.1) is 0 Å². The van der Waals surface area contributed by atoms with E-state index < -0.39 is 0 Å². The van der Waals surface area contributed by atoms with E-state index in [0.717, 1.165) is 25.9 Å². The van der Waals surface area contributed by atoms with Crippen LogP contribution in [0, 0.1) is 0 Å². The molecule has 1 aliphatic heterocycles. The van der Waals surface area contributed by atoms with Crippen LogP contribution < -0.4 is 10.6 Å². The van der Waals surface area contributed by atoms with Crippen LogP contribution in [0.15, 0.2) is 48.8 Å². The summed E-state index contributed by atoms with van der Waals surface area (Å²) < 4.78 is 2.21. The standard InChI is InChI=1S/C19H24N4O2/c1-2-20-18(24)15-6-5-7-16(14-15)21-19(25)23-12-8-17(9-13-23)22-10-3-4-11-22/h3-7,10-11,14,17H,2,8-9,12-13H2,1H3,(H,20,24)(H,21,25). The third-order valence-corrected chi connectivity index (χ3v) is 4.51. The predicted octanol–water partition coefficient (Wildman–Crippen LogP) is 3.11. The summed E-state index contributed by atoms with van der Waals surface area (Å²) in [5.74, 6) is -0.133. The Morgan fingerprint density at radius 3 is 2.52 bits per heavy atom. The summed E-state index contributed by atoms with van der Waals surface area (Å²) in [6.07, 6.45) is 6.04. The summed E-state index contributed by atoms with van der Waals surface area (Å²) in [6, 6.07) is 11.4. The van der Waals surface area contributed by atoms with Crippen molar-refractivity contribution in [2.24, 2.45) is 0 Å². The highest BCUT2D eigenvalue weighted by Crippen LogP contribution is 2.23. The van der Waals surface area contributed by atoms with Gasteiger partial charge < -0.3 is 20.1 Å². The average Bonchev–Trinajstić information content (AvgIpc) is 3.17. The Morgan fingerprint density at radius 1 is 1.12 bits per heavy atom. The van der Waals surface area contributed by atoms with Gasteiger partial charge in [-0.2, -0.15) is 0 Å². The van der Waals surface area contributed by atoms with Gasteiger partial charge in [-0.05, 0) is 50.1 Å². The maximum absolute atomic E-state index is 12.5. The monoisotopic (exact) mass is 340 g/mol. The second kappa shape index (κ2) is 7.88. The molecule has 1 aromatic carbocycles. The summed E-state index contributed by atoms with van der Waals surface area (Å²) in [6.45, 7) is 3.90. The van der Waals surface area contributed by atoms with Crippen molar-refractivity contribution in [2.75, 3.05) is 25.0 Å². The van der Waals surface area contributed by atoms with E-state index >= 15 is 0 Å². The number of carbonyl (C=O) groups is 2. The van der Waals surface area contributed by atoms with E-state index in [1.54, 1.807) is 24.3 Å². The third-order valence-electron chi connectivity index (χ3n) is 4.51. The summed E-state index contributed by atoms with van der Waals surface area (Å²) in [5.41, 5.74) is 1.19. The van der Waals surface area contributed by atoms with Gasteiger partial charge in [0.25, 0.3) is 5.91 Å². The molecule has 0 radical (unpaired) electrons. The van der Waals surface area contributed by atoms with Crippen molar-refractivity contribution >= 4 is 17.6 Å². The molecule has 2 N–H and O–H groups in total. The fourth-order valence-electron chi connectivity index (χ4n) is 3.16. The molecule has 1 fully saturated rings. The lowest BCUT2D eigenvalue weighted by molar-refractivity contribution is 0.0955. The lowest BCUT2D eigenvalue weighted by Gasteiger charge is -2.32. The van der Waals surface area contributed by atoms with Crippen LogP contribution in [0.25, 0.3) is 0 Å². The molecule has 0 unspecified atom stereocenters. The van der Waals surface area contributed by atoms with Crippen LogP contribution in [0.5, 0.6) is 0 Å². The minimum atomic E-state index is -0.133. The van der Waals surface area contributed by atoms with Crippen molar-refractivity contribution in [3.8, 4) is 0 Å². The van der Waals surface area contributed by atoms with E-state index in [1.807, 2.05) is 24.0 Å². The number of anilines is 1. The van der Waals surface area contributed by atoms with Gasteiger partial charge in [-0.15, -0.1) is 0 Å². The SMILES string of the molecule is CCNC(=O)c1cccc(NC(=O)N2CCC(n3cccc3)CC2)c1. The summed E-state index contributed by atoms with van der Waals surface area (Å²) in [5, 5.41) is 5.66. The topological polar surface area (TPSA) is 66.4 Å². The molecule has 25 heavy (non-hydrogen) atoms. The first-order valence-electron chi connectivity index (χ1n) is 8.74. The molecule has 1 aromatic heterocycles. The molecule has 1 saturated heterocycles. The summed E-state index contributed by atoms with van der Waals surface area (Å²) in [7, 11) is 0. The number of rotatable bonds is 4. The van der Waals surface area contributed by atoms with Gasteiger partial charge in [-0.3, -0.25) is 4.79 Å². The highest BCUT2D eigenvalue weighted by molar-refractivity contribution is 5.96. The molecule has 2 heterocycles. The molecule has 0 bridgehead atoms. The maximum atomic E-state index is 12.5. The van der Waals surface area contributed by atoms with Crippen molar-refractivity contribution in [3.05, 3.63) is 54.4 Å². The molecule has 3 rings (SSSR count). The van der Waals surface area contributed by atoms with Gasteiger partial charge in [0, 0.05) is 49.3 Å². The largest absolute Gasteiger partial charge is 0.352 e. The van der Waals surface area contributed by atoms with Gasteiger partial charge in [0.2, 0.25) is 0 Å². The number of benzene rings is 1. The molecular formula is C19H24N4O2. The minimum absolute atomic E-state index is 0.112. The van der Waals surface area contributed by atoms with Crippen molar-refractivity contribution in [1.82, 2.24) is 14.8 Å². The van der Waals surface area contributed by atoms with Gasteiger partial charge >= 0.3 is 6.03 Å². The number of urea groups is 1. The molecule has 3 amide bonds. The third kappa shape index (κ3) is 4.21. The van der Waals surface area contributed by atoms with E-state index in [2.05, 4.69) is 27.6 Å². The number of piperidine rings is 1. The first-order chi connectivity index (χ1) is 12.2. The first kappa shape index (κ1) is 17.1. The highest BCUT2D eigenvalue weighted by Gasteiger charge is 2.23. The Morgan fingerprint density at radius 2 is 1.84 bits per heavy atom. The molecule has 0 aliphatic carbocycles. The smallest absolute Gasteiger partial charge is 0.321 e. The lowest BCUT2D eigenvalue weighted by atomic mass is 10.1. The number of carbonyl (C=O) groups excluding carboxylic acids is 2. The molecule has 6 nitrogen and oxygen atoms in total. The average molecular weight is 340 g/mol. The minimum Gasteiger partial charge on any atom is -0.352 e. The van der Waals surface area contributed by atoms with Crippen LogP contribution >= 0.6 is 0 Å². The van der Waals surface area contributed by atoms with E-state index in [4.69, 9.17) is 0 Å². The lowest BCUT2D eigenvalue weighted by Crippen LogP contribution is -2.41. The maximum Gasteiger partial charge on any atom is 0.321 e. The number of hydrogen-bond acceptors (Lipinski definition) is 2. The van der Waals surface area contributed by atoms with Crippen LogP contribution in [0.1, 0.15) is 36.2 Å². The Kier molecular flexibility index (Phi) is 5.38. The first-order valence-corrected chi connectivity index (χ1v) is 8.74. The number of likely N-dealkylation sites (tertiary alicyclic amines) is 1. The van der Waals surface area contributed by atoms with E-state index in [9.17, 15) is 9.59 Å². The number of nitrogens with one attached hydrogen (secondary N) is 2. The number of hydrogen-bond donors (Lipinski definition) is 2. The van der Waals surface area contributed by atoms with Crippen molar-refractivity contribution in [2.45, 2.75) is 25.8 Å². The van der Waals surface area contributed by atoms with Crippen molar-refractivity contribution in [1.29, 1.82) is 0 Å². The Bertz CT molecular complexity index is 719. The summed E-state index contributed by atoms with van der Waals surface area (Å²) >= 11 is 0. The van der Waals surface area contributed by atoms with Crippen molar-refractivity contribution in [3.63, 3.8) is 0 Å². The Balaban J connectivity index is 1.56. The fourth-order valence-corrected chi connectivity index (χ4v) is 3.16. The summed E-state index contributed by atoms with van der Waals surface area (Å²) in [4.78, 5) is 26.2. The molecule has 2 aromatic rings. The van der Waals surface area contributed by atoms with Crippen molar-refractivity contribution < 1.29 is 9.59 Å². The van der Waals surface area contributed by atoms with Gasteiger partial charge in [0.15, 0.2) is 0 Å². The highest BCUT2D eigenvalue weighted by atomic mass is 16.2. The van der Waals surface area contributed by atoms with Crippen LogP contribution in [-0.4, -0.2) is 41.0 Å². The van der Waals surface area contributed by atoms with Crippen LogP contribution in [0.2, 0.25) is 0 Å². The number of aromatic nitrogens is 1. The van der Waals surface area contributed by atoms with Crippen LogP contribution in [0.4, 0.5) is 10.5 Å². The second-order valence-corrected chi connectivity index (χ2v) is 6.22. The molecule has 0 spiro atoms. The van der Waals surface area contributed by atoms with E-state index in [0.29, 0.717) is 23.8 Å². The zero-order valence-electron chi connectivity index (χ0n) is 14.4. The van der Waals surface area contributed by atoms with E-state index in [1.165, 1.54) is 0 Å². The predicted molar refractivity (Wildman–Crippen MR) is 97.7 cm³/mol. The Hall–Kier alpha value is -2.76. The van der Waals surface area contributed by atoms with Gasteiger partial charge in [-0.25, -0.2) is 4.79 Å². The molecule has 132 valence electrons. The second-order valence-electron chi connectivity index (χ2n) is 6.22. The van der Waals surface area contributed by atoms with Gasteiger partial charge in [-0.1, -0.05) is 6.07 Å². The number of nitrogens with zero attached hydrogens (tertiary/aromatic N) is 2. The van der Waals surface area contributed by atoms with Gasteiger partial charge in [0.1, 0.15) is 0 Å². The number of amides is 3. The van der Waals surface area contributed by atoms with Crippen LogP contribution in [-0.2, 0) is 0 Å². The molecule has 1 aliphatic rings. The molecular weight excluding hydrogens is 316 g/mol.